The van der Waals surface area contributed by atoms with Gasteiger partial charge in [-0.25, -0.2) is 4.79 Å². The number of hydrogen-bond acceptors (Lipinski definition) is 9. The molecule has 11 heteroatoms. The molecule has 222 valence electrons. The van der Waals surface area contributed by atoms with Gasteiger partial charge in [0.15, 0.2) is 5.60 Å². The van der Waals surface area contributed by atoms with E-state index in [2.05, 4.69) is 21.2 Å². The quantitative estimate of drug-likeness (QED) is 0.407. The van der Waals surface area contributed by atoms with E-state index >= 15 is 0 Å². The minimum absolute atomic E-state index is 0.100. The monoisotopic (exact) mass is 632 g/mol. The van der Waals surface area contributed by atoms with Crippen molar-refractivity contribution in [3.63, 3.8) is 0 Å². The molecule has 10 nitrogen and oxygen atoms in total. The summed E-state index contributed by atoms with van der Waals surface area (Å²) in [6.07, 6.45) is 3.19. The molecule has 0 saturated heterocycles. The number of amides is 1. The number of aliphatic imine (C=N–C) groups is 1. The number of esters is 1. The fraction of sp³-hybridized carbons (Fsp3) is 0.700. The van der Waals surface area contributed by atoms with Gasteiger partial charge < -0.3 is 34.5 Å². The number of halogens is 1. The Morgan fingerprint density at radius 1 is 1.10 bits per heavy atom. The van der Waals surface area contributed by atoms with Gasteiger partial charge in [0.2, 0.25) is 5.91 Å². The third-order valence-corrected chi connectivity index (χ3v) is 12.3. The third kappa shape index (κ3) is 3.23. The number of aliphatic hydroxyl groups is 2. The summed E-state index contributed by atoms with van der Waals surface area (Å²) in [6, 6.07) is 4.76. The molecular weight excluding hydrogens is 596 g/mol. The number of methoxy groups -OCH3 is 3. The average molecular weight is 634 g/mol. The molecule has 1 aliphatic heterocycles. The van der Waals surface area contributed by atoms with Gasteiger partial charge in [-0.1, -0.05) is 15.9 Å². The Hall–Kier alpha value is -1.89. The van der Waals surface area contributed by atoms with Crippen LogP contribution in [0.1, 0.15) is 49.4 Å². The van der Waals surface area contributed by atoms with Crippen LogP contribution in [0.25, 0.3) is 0 Å². The number of carbonyl (C=O) groups excluding carboxylic acids is 2. The smallest absolute Gasteiger partial charge is 0.341 e. The van der Waals surface area contributed by atoms with Crippen LogP contribution >= 0.6 is 15.9 Å². The summed E-state index contributed by atoms with van der Waals surface area (Å²) in [5.74, 6) is -1.98. The number of anilines is 1. The van der Waals surface area contributed by atoms with Crippen molar-refractivity contribution in [3.8, 4) is 0 Å². The van der Waals surface area contributed by atoms with Crippen molar-refractivity contribution in [1.29, 1.82) is 0 Å². The first-order valence-corrected chi connectivity index (χ1v) is 15.2. The van der Waals surface area contributed by atoms with Gasteiger partial charge in [-0.15, -0.1) is 0 Å². The molecule has 1 aromatic rings. The number of rotatable bonds is 6. The van der Waals surface area contributed by atoms with Gasteiger partial charge in [0.05, 0.1) is 35.6 Å². The number of benzene rings is 1. The maximum Gasteiger partial charge on any atom is 0.341 e. The Morgan fingerprint density at radius 2 is 1.88 bits per heavy atom. The van der Waals surface area contributed by atoms with Gasteiger partial charge in [0.25, 0.3) is 0 Å². The molecule has 12 atom stereocenters. The normalized spacial score (nSPS) is 48.2. The van der Waals surface area contributed by atoms with E-state index in [1.807, 2.05) is 0 Å². The first-order valence-electron chi connectivity index (χ1n) is 14.4. The zero-order chi connectivity index (χ0) is 29.1. The van der Waals surface area contributed by atoms with E-state index in [0.29, 0.717) is 42.3 Å². The molecule has 7 rings (SSSR count). The maximum atomic E-state index is 13.9. The Morgan fingerprint density at radius 3 is 2.56 bits per heavy atom. The van der Waals surface area contributed by atoms with Crippen molar-refractivity contribution in [2.45, 2.75) is 80.2 Å². The van der Waals surface area contributed by atoms with Crippen molar-refractivity contribution in [2.24, 2.45) is 34.1 Å². The highest BCUT2D eigenvalue weighted by atomic mass is 79.9. The molecule has 6 aliphatic rings. The van der Waals surface area contributed by atoms with Crippen molar-refractivity contribution in [2.75, 3.05) is 26.6 Å². The molecule has 5 aliphatic carbocycles. The Labute approximate surface area is 247 Å². The molecule has 7 bridgehead atoms. The van der Waals surface area contributed by atoms with Crippen molar-refractivity contribution < 1.29 is 38.7 Å². The lowest BCUT2D eigenvalue weighted by atomic mass is 9.45. The van der Waals surface area contributed by atoms with Gasteiger partial charge in [-0.2, -0.15) is 0 Å². The van der Waals surface area contributed by atoms with E-state index in [0.717, 1.165) is 0 Å². The lowest BCUT2D eigenvalue weighted by Crippen LogP contribution is -2.79. The number of nitrogens with zero attached hydrogens (tertiary/aromatic N) is 1. The highest BCUT2D eigenvalue weighted by molar-refractivity contribution is 9.10. The van der Waals surface area contributed by atoms with Crippen LogP contribution in [0.3, 0.4) is 0 Å². The Kier molecular flexibility index (Phi) is 6.17. The lowest BCUT2D eigenvalue weighted by molar-refractivity contribution is -0.314. The second-order valence-electron chi connectivity index (χ2n) is 12.9. The Balaban J connectivity index is 1.35. The average Bonchev–Trinajstić information content (AvgIpc) is 3.33. The molecule has 0 unspecified atom stereocenters. The maximum absolute atomic E-state index is 13.9. The SMILES string of the molecule is CO[C@H]1C[C@]2(O)[C@H]3C[C@H]4[C@@]5([C@@H](OC)CC[C@]4(OC(=O)c4cc(Br)ccc4NC(C)=O)C=N[C@H]35)[C@@H]3C[C@H]1[C@H](OC)[C@@]32O. The fourth-order valence-corrected chi connectivity index (χ4v) is 11.0. The molecule has 5 saturated carbocycles. The highest BCUT2D eigenvalue weighted by Crippen LogP contribution is 2.78. The van der Waals surface area contributed by atoms with Crippen LogP contribution in [-0.2, 0) is 23.7 Å². The first-order chi connectivity index (χ1) is 19.5. The second-order valence-corrected chi connectivity index (χ2v) is 13.8. The molecule has 1 heterocycles. The lowest BCUT2D eigenvalue weighted by Gasteiger charge is -2.66. The van der Waals surface area contributed by atoms with Crippen molar-refractivity contribution in [3.05, 3.63) is 28.2 Å². The molecule has 1 spiro atoms. The van der Waals surface area contributed by atoms with Crippen LogP contribution in [0.5, 0.6) is 0 Å². The van der Waals surface area contributed by atoms with Gasteiger partial charge in [0, 0.05) is 74.4 Å². The standard InChI is InChI=1S/C30H37BrN2O8/c1-14(34)33-19-6-5-15(31)9-16(19)26(35)41-27-8-7-23(39-3)29-21(27)11-18(24(29)32-13-27)28(36)12-20(38-2)17-10-22(29)30(28,37)25(17)40-4/h5-6,9,13,17-18,20-25,36-37H,7-8,10-12H2,1-4H3,(H,33,34)/t17-,18+,20+,21-,22+,23+,24-,25+,27+,28+,29+,30+/m1/s1. The number of hydrogen-bond donors (Lipinski definition) is 3. The third-order valence-electron chi connectivity index (χ3n) is 11.8. The molecule has 1 aromatic carbocycles. The molecule has 41 heavy (non-hydrogen) atoms. The minimum atomic E-state index is -1.52. The predicted octanol–water partition coefficient (Wildman–Crippen LogP) is 2.73. The molecule has 5 fully saturated rings. The topological polar surface area (TPSA) is 136 Å². The van der Waals surface area contributed by atoms with E-state index in [1.54, 1.807) is 45.7 Å². The van der Waals surface area contributed by atoms with E-state index in [9.17, 15) is 19.8 Å². The zero-order valence-corrected chi connectivity index (χ0v) is 25.2. The van der Waals surface area contributed by atoms with Crippen LogP contribution in [0.2, 0.25) is 0 Å². The van der Waals surface area contributed by atoms with E-state index in [1.165, 1.54) is 6.92 Å². The molecular formula is C30H37BrN2O8. The van der Waals surface area contributed by atoms with E-state index in [-0.39, 0.29) is 41.6 Å². The summed E-state index contributed by atoms with van der Waals surface area (Å²) in [4.78, 5) is 30.9. The minimum Gasteiger partial charge on any atom is -0.449 e. The number of carbonyl (C=O) groups is 2. The van der Waals surface area contributed by atoms with Gasteiger partial charge in [-0.3, -0.25) is 9.79 Å². The predicted molar refractivity (Wildman–Crippen MR) is 151 cm³/mol. The zero-order valence-electron chi connectivity index (χ0n) is 23.6. The summed E-state index contributed by atoms with van der Waals surface area (Å²) < 4.78 is 25.3. The summed E-state index contributed by atoms with van der Waals surface area (Å²) in [6.45, 7) is 1.39. The number of ether oxygens (including phenoxy) is 4. The largest absolute Gasteiger partial charge is 0.449 e. The van der Waals surface area contributed by atoms with Crippen LogP contribution in [0, 0.1) is 29.1 Å². The first kappa shape index (κ1) is 27.9. The van der Waals surface area contributed by atoms with Crippen LogP contribution in [0.15, 0.2) is 27.7 Å². The summed E-state index contributed by atoms with van der Waals surface area (Å²) in [5, 5.41) is 28.0. The highest BCUT2D eigenvalue weighted by Gasteiger charge is 2.88. The summed E-state index contributed by atoms with van der Waals surface area (Å²) in [7, 11) is 4.94. The van der Waals surface area contributed by atoms with E-state index in [4.69, 9.17) is 23.9 Å². The van der Waals surface area contributed by atoms with Crippen LogP contribution < -0.4 is 5.32 Å². The molecule has 3 N–H and O–H groups in total. The number of nitrogens with one attached hydrogen (secondary N) is 1. The van der Waals surface area contributed by atoms with E-state index < -0.39 is 46.1 Å². The van der Waals surface area contributed by atoms with Crippen LogP contribution in [-0.4, -0.2) is 90.8 Å². The van der Waals surface area contributed by atoms with Gasteiger partial charge in [-0.05, 0) is 43.9 Å². The van der Waals surface area contributed by atoms with Crippen molar-refractivity contribution >= 4 is 39.7 Å². The second kappa shape index (κ2) is 9.06. The molecule has 0 radical (unpaired) electrons. The van der Waals surface area contributed by atoms with Gasteiger partial charge in [0.1, 0.15) is 11.2 Å². The fourth-order valence-electron chi connectivity index (χ4n) is 10.6. The summed E-state index contributed by atoms with van der Waals surface area (Å²) >= 11 is 3.44. The Bertz CT molecular complexity index is 1340. The van der Waals surface area contributed by atoms with Gasteiger partial charge >= 0.3 is 5.97 Å². The number of fused-ring (bicyclic) bond motifs is 2. The van der Waals surface area contributed by atoms with Crippen molar-refractivity contribution in [1.82, 2.24) is 0 Å². The van der Waals surface area contributed by atoms with Crippen LogP contribution in [0.4, 0.5) is 5.69 Å². The molecule has 1 amide bonds. The molecule has 0 aromatic heterocycles. The summed E-state index contributed by atoms with van der Waals surface area (Å²) in [5.41, 5.74) is -4.13.